The Bertz CT molecular complexity index is 699. The van der Waals surface area contributed by atoms with Gasteiger partial charge in [-0.2, -0.15) is 5.10 Å². The quantitative estimate of drug-likeness (QED) is 0.387. The third-order valence-electron chi connectivity index (χ3n) is 3.65. The largest absolute Gasteiger partial charge is 0.493 e. The van der Waals surface area contributed by atoms with Crippen molar-refractivity contribution in [3.63, 3.8) is 0 Å². The number of ether oxygens (including phenoxy) is 1. The lowest BCUT2D eigenvalue weighted by Gasteiger charge is -2.08. The number of carbonyl (C=O) groups excluding carboxylic acids is 1. The first-order valence-corrected chi connectivity index (χ1v) is 8.89. The van der Waals surface area contributed by atoms with Gasteiger partial charge in [0.2, 0.25) is 0 Å². The summed E-state index contributed by atoms with van der Waals surface area (Å²) in [7, 11) is 0. The predicted molar refractivity (Wildman–Crippen MR) is 103 cm³/mol. The highest BCUT2D eigenvalue weighted by molar-refractivity contribution is 6.30. The van der Waals surface area contributed by atoms with Crippen molar-refractivity contribution in [1.29, 1.82) is 0 Å². The second-order valence-corrected chi connectivity index (χ2v) is 6.09. The van der Waals surface area contributed by atoms with Crippen LogP contribution in [0.15, 0.2) is 53.6 Å². The molecule has 132 valence electrons. The Kier molecular flexibility index (Phi) is 7.99. The summed E-state index contributed by atoms with van der Waals surface area (Å²) in [6, 6.07) is 14.3. The van der Waals surface area contributed by atoms with Crippen molar-refractivity contribution in [2.75, 3.05) is 6.61 Å². The van der Waals surface area contributed by atoms with Crippen LogP contribution >= 0.6 is 11.6 Å². The van der Waals surface area contributed by atoms with E-state index in [0.29, 0.717) is 17.2 Å². The average molecular weight is 359 g/mol. The molecule has 25 heavy (non-hydrogen) atoms. The van der Waals surface area contributed by atoms with Gasteiger partial charge in [-0.25, -0.2) is 5.43 Å². The summed E-state index contributed by atoms with van der Waals surface area (Å²) < 4.78 is 5.82. The van der Waals surface area contributed by atoms with Gasteiger partial charge in [-0.05, 0) is 42.8 Å². The highest BCUT2D eigenvalue weighted by Crippen LogP contribution is 2.16. The zero-order valence-corrected chi connectivity index (χ0v) is 15.1. The van der Waals surface area contributed by atoms with Crippen molar-refractivity contribution < 1.29 is 9.53 Å². The standard InChI is InChI=1S/C20H23ClN2O2/c1-2-3-4-7-14-25-19-9-6-5-8-17(19)15-22-23-20(24)16-10-12-18(21)13-11-16/h5-6,8-13,15H,2-4,7,14H2,1H3,(H,23,24). The number of amides is 1. The van der Waals surface area contributed by atoms with E-state index in [0.717, 1.165) is 17.7 Å². The summed E-state index contributed by atoms with van der Waals surface area (Å²) in [4.78, 5) is 12.0. The molecule has 0 saturated heterocycles. The van der Waals surface area contributed by atoms with E-state index in [1.54, 1.807) is 30.5 Å². The van der Waals surface area contributed by atoms with Crippen molar-refractivity contribution in [1.82, 2.24) is 5.43 Å². The number of hydrogen-bond donors (Lipinski definition) is 1. The Hall–Kier alpha value is -2.33. The van der Waals surface area contributed by atoms with Gasteiger partial charge in [0.1, 0.15) is 5.75 Å². The van der Waals surface area contributed by atoms with Gasteiger partial charge in [0.25, 0.3) is 5.91 Å². The summed E-state index contributed by atoms with van der Waals surface area (Å²) >= 11 is 5.81. The van der Waals surface area contributed by atoms with Crippen LogP contribution in [0.2, 0.25) is 5.02 Å². The minimum Gasteiger partial charge on any atom is -0.493 e. The van der Waals surface area contributed by atoms with E-state index in [1.165, 1.54) is 19.3 Å². The molecule has 2 aromatic carbocycles. The fourth-order valence-corrected chi connectivity index (χ4v) is 2.38. The minimum atomic E-state index is -0.286. The van der Waals surface area contributed by atoms with E-state index in [2.05, 4.69) is 17.5 Å². The first-order valence-electron chi connectivity index (χ1n) is 8.51. The lowest BCUT2D eigenvalue weighted by atomic mass is 10.2. The topological polar surface area (TPSA) is 50.7 Å². The van der Waals surface area contributed by atoms with Crippen LogP contribution in [0.25, 0.3) is 0 Å². The normalized spacial score (nSPS) is 10.8. The molecule has 0 spiro atoms. The Labute approximate surface area is 153 Å². The van der Waals surface area contributed by atoms with E-state index in [4.69, 9.17) is 16.3 Å². The zero-order valence-electron chi connectivity index (χ0n) is 14.4. The van der Waals surface area contributed by atoms with Crippen LogP contribution in [0.4, 0.5) is 0 Å². The second kappa shape index (κ2) is 10.5. The number of hydrogen-bond acceptors (Lipinski definition) is 3. The summed E-state index contributed by atoms with van der Waals surface area (Å²) in [5.41, 5.74) is 3.84. The minimum absolute atomic E-state index is 0.286. The molecule has 0 aliphatic carbocycles. The third kappa shape index (κ3) is 6.59. The van der Waals surface area contributed by atoms with Crippen LogP contribution in [0, 0.1) is 0 Å². The number of unbranched alkanes of at least 4 members (excludes halogenated alkanes) is 3. The number of nitrogens with one attached hydrogen (secondary N) is 1. The Morgan fingerprint density at radius 3 is 2.64 bits per heavy atom. The van der Waals surface area contributed by atoms with E-state index in [-0.39, 0.29) is 5.91 Å². The first-order chi connectivity index (χ1) is 12.2. The zero-order chi connectivity index (χ0) is 17.9. The van der Waals surface area contributed by atoms with Gasteiger partial charge >= 0.3 is 0 Å². The maximum Gasteiger partial charge on any atom is 0.271 e. The van der Waals surface area contributed by atoms with E-state index in [1.807, 2.05) is 24.3 Å². The number of benzene rings is 2. The van der Waals surface area contributed by atoms with Crippen molar-refractivity contribution >= 4 is 23.7 Å². The summed E-state index contributed by atoms with van der Waals surface area (Å²) in [5, 5.41) is 4.61. The van der Waals surface area contributed by atoms with Crippen LogP contribution in [0.5, 0.6) is 5.75 Å². The molecular weight excluding hydrogens is 336 g/mol. The fraction of sp³-hybridized carbons (Fsp3) is 0.300. The maximum absolute atomic E-state index is 12.0. The highest BCUT2D eigenvalue weighted by atomic mass is 35.5. The van der Waals surface area contributed by atoms with Gasteiger partial charge in [0, 0.05) is 16.1 Å². The molecule has 2 rings (SSSR count). The lowest BCUT2D eigenvalue weighted by Crippen LogP contribution is -2.17. The molecule has 0 atom stereocenters. The summed E-state index contributed by atoms with van der Waals surface area (Å²) in [6.07, 6.45) is 6.23. The SMILES string of the molecule is CCCCCCOc1ccccc1C=NNC(=O)c1ccc(Cl)cc1. The van der Waals surface area contributed by atoms with E-state index >= 15 is 0 Å². The van der Waals surface area contributed by atoms with Crippen LogP contribution in [-0.2, 0) is 0 Å². The predicted octanol–water partition coefficient (Wildman–Crippen LogP) is 5.06. The van der Waals surface area contributed by atoms with Crippen LogP contribution in [0.3, 0.4) is 0 Å². The molecule has 2 aromatic rings. The Balaban J connectivity index is 1.89. The molecule has 0 unspecified atom stereocenters. The monoisotopic (exact) mass is 358 g/mol. The number of nitrogens with zero attached hydrogens (tertiary/aromatic N) is 1. The Morgan fingerprint density at radius 1 is 1.12 bits per heavy atom. The molecule has 0 aliphatic rings. The Morgan fingerprint density at radius 2 is 1.88 bits per heavy atom. The van der Waals surface area contributed by atoms with E-state index in [9.17, 15) is 4.79 Å². The number of halogens is 1. The van der Waals surface area contributed by atoms with Crippen LogP contribution in [-0.4, -0.2) is 18.7 Å². The average Bonchev–Trinajstić information content (AvgIpc) is 2.63. The molecule has 0 saturated carbocycles. The molecule has 0 aromatic heterocycles. The van der Waals surface area contributed by atoms with Crippen LogP contribution in [0.1, 0.15) is 48.5 Å². The molecular formula is C20H23ClN2O2. The number of rotatable bonds is 9. The number of hydrazone groups is 1. The number of carbonyl (C=O) groups is 1. The molecule has 1 N–H and O–H groups in total. The lowest BCUT2D eigenvalue weighted by molar-refractivity contribution is 0.0955. The highest BCUT2D eigenvalue weighted by Gasteiger charge is 2.04. The molecule has 0 aliphatic heterocycles. The van der Waals surface area contributed by atoms with Gasteiger partial charge in [0.15, 0.2) is 0 Å². The molecule has 4 nitrogen and oxygen atoms in total. The number of para-hydroxylation sites is 1. The molecule has 0 fully saturated rings. The maximum atomic E-state index is 12.0. The summed E-state index contributed by atoms with van der Waals surface area (Å²) in [5.74, 6) is 0.481. The van der Waals surface area contributed by atoms with Gasteiger partial charge < -0.3 is 4.74 Å². The molecule has 0 bridgehead atoms. The van der Waals surface area contributed by atoms with Crippen molar-refractivity contribution in [3.8, 4) is 5.75 Å². The molecule has 0 radical (unpaired) electrons. The molecule has 0 heterocycles. The molecule has 5 heteroatoms. The van der Waals surface area contributed by atoms with Crippen molar-refractivity contribution in [2.45, 2.75) is 32.6 Å². The van der Waals surface area contributed by atoms with Gasteiger partial charge in [-0.3, -0.25) is 4.79 Å². The van der Waals surface area contributed by atoms with Crippen molar-refractivity contribution in [2.24, 2.45) is 5.10 Å². The van der Waals surface area contributed by atoms with Crippen LogP contribution < -0.4 is 10.2 Å². The van der Waals surface area contributed by atoms with Crippen molar-refractivity contribution in [3.05, 3.63) is 64.7 Å². The fourth-order valence-electron chi connectivity index (χ4n) is 2.26. The van der Waals surface area contributed by atoms with Gasteiger partial charge in [0.05, 0.1) is 12.8 Å². The van der Waals surface area contributed by atoms with Gasteiger partial charge in [-0.1, -0.05) is 49.9 Å². The molecule has 1 amide bonds. The summed E-state index contributed by atoms with van der Waals surface area (Å²) in [6.45, 7) is 2.87. The smallest absolute Gasteiger partial charge is 0.271 e. The third-order valence-corrected chi connectivity index (χ3v) is 3.90. The second-order valence-electron chi connectivity index (χ2n) is 5.65. The first kappa shape index (κ1) is 19.0. The van der Waals surface area contributed by atoms with E-state index < -0.39 is 0 Å². The van der Waals surface area contributed by atoms with Gasteiger partial charge in [-0.15, -0.1) is 0 Å².